The van der Waals surface area contributed by atoms with E-state index in [0.717, 1.165) is 12.0 Å². The molecule has 31 heavy (non-hydrogen) atoms. The maximum absolute atomic E-state index is 13.0. The summed E-state index contributed by atoms with van der Waals surface area (Å²) in [6.45, 7) is 1.08. The molecule has 1 aliphatic rings. The van der Waals surface area contributed by atoms with Crippen molar-refractivity contribution >= 4 is 23.3 Å². The summed E-state index contributed by atoms with van der Waals surface area (Å²) in [4.78, 5) is 27.5. The molecule has 2 heterocycles. The van der Waals surface area contributed by atoms with Crippen molar-refractivity contribution in [3.8, 4) is 5.75 Å². The van der Waals surface area contributed by atoms with Crippen LogP contribution in [0.25, 0.3) is 0 Å². The first-order valence-electron chi connectivity index (χ1n) is 10.2. The highest BCUT2D eigenvalue weighted by molar-refractivity contribution is 5.99. The molecule has 1 fully saturated rings. The Hall–Kier alpha value is -3.81. The molecule has 1 aliphatic heterocycles. The number of carbonyl (C=O) groups is 2. The van der Waals surface area contributed by atoms with Crippen molar-refractivity contribution in [3.63, 3.8) is 0 Å². The van der Waals surface area contributed by atoms with Gasteiger partial charge < -0.3 is 20.3 Å². The molecule has 8 heteroatoms. The van der Waals surface area contributed by atoms with Crippen molar-refractivity contribution in [2.75, 3.05) is 24.3 Å². The van der Waals surface area contributed by atoms with E-state index in [1.165, 1.54) is 0 Å². The quantitative estimate of drug-likeness (QED) is 0.639. The van der Waals surface area contributed by atoms with Gasteiger partial charge in [0.1, 0.15) is 11.8 Å². The topological polar surface area (TPSA) is 88.5 Å². The van der Waals surface area contributed by atoms with Crippen molar-refractivity contribution in [1.29, 1.82) is 0 Å². The van der Waals surface area contributed by atoms with Gasteiger partial charge in [0, 0.05) is 30.3 Å². The minimum Gasteiger partial charge on any atom is -0.497 e. The fraction of sp³-hybridized carbons (Fsp3) is 0.261. The predicted molar refractivity (Wildman–Crippen MR) is 118 cm³/mol. The van der Waals surface area contributed by atoms with Gasteiger partial charge in [-0.15, -0.1) is 0 Å². The number of hydrogen-bond acceptors (Lipinski definition) is 4. The number of para-hydroxylation sites is 1. The first kappa shape index (κ1) is 20.5. The highest BCUT2D eigenvalue weighted by atomic mass is 16.5. The fourth-order valence-corrected chi connectivity index (χ4v) is 3.72. The number of amides is 3. The van der Waals surface area contributed by atoms with E-state index in [1.54, 1.807) is 47.2 Å². The molecule has 1 atom stereocenters. The summed E-state index contributed by atoms with van der Waals surface area (Å²) in [6.07, 6.45) is 5.00. The van der Waals surface area contributed by atoms with E-state index < -0.39 is 6.04 Å². The third kappa shape index (κ3) is 4.85. The third-order valence-electron chi connectivity index (χ3n) is 5.32. The Morgan fingerprint density at radius 1 is 1.10 bits per heavy atom. The number of benzene rings is 2. The number of methoxy groups -OCH3 is 1. The zero-order valence-electron chi connectivity index (χ0n) is 17.3. The molecule has 2 aromatic carbocycles. The maximum atomic E-state index is 13.0. The van der Waals surface area contributed by atoms with Gasteiger partial charge >= 0.3 is 6.03 Å². The SMILES string of the molecule is COc1ccc(NC(=O)C2CCCN2C(=O)Nc2ccccc2Cn2cccn2)cc1. The molecule has 1 aromatic heterocycles. The van der Waals surface area contributed by atoms with Gasteiger partial charge in [-0.2, -0.15) is 5.10 Å². The molecule has 3 amide bonds. The number of aromatic nitrogens is 2. The minimum atomic E-state index is -0.514. The van der Waals surface area contributed by atoms with Crippen LogP contribution >= 0.6 is 0 Å². The number of nitrogens with one attached hydrogen (secondary N) is 2. The molecule has 2 N–H and O–H groups in total. The van der Waals surface area contributed by atoms with Gasteiger partial charge in [0.2, 0.25) is 5.91 Å². The zero-order chi connectivity index (χ0) is 21.6. The Morgan fingerprint density at radius 2 is 1.90 bits per heavy atom. The maximum Gasteiger partial charge on any atom is 0.322 e. The lowest BCUT2D eigenvalue weighted by molar-refractivity contribution is -0.119. The molecule has 160 valence electrons. The number of likely N-dealkylation sites (tertiary alicyclic amines) is 1. The van der Waals surface area contributed by atoms with Gasteiger partial charge in [0.15, 0.2) is 0 Å². The van der Waals surface area contributed by atoms with E-state index >= 15 is 0 Å². The smallest absolute Gasteiger partial charge is 0.322 e. The van der Waals surface area contributed by atoms with Crippen molar-refractivity contribution in [3.05, 3.63) is 72.6 Å². The molecule has 0 radical (unpaired) electrons. The van der Waals surface area contributed by atoms with Crippen LogP contribution in [0.15, 0.2) is 67.0 Å². The molecule has 3 aromatic rings. The second-order valence-corrected chi connectivity index (χ2v) is 7.36. The van der Waals surface area contributed by atoms with Crippen LogP contribution in [0.2, 0.25) is 0 Å². The molecule has 0 saturated carbocycles. The van der Waals surface area contributed by atoms with Gasteiger partial charge in [0.05, 0.1) is 13.7 Å². The summed E-state index contributed by atoms with van der Waals surface area (Å²) in [5.74, 6) is 0.524. The average Bonchev–Trinajstić information content (AvgIpc) is 3.48. The van der Waals surface area contributed by atoms with Gasteiger partial charge in [-0.05, 0) is 54.8 Å². The van der Waals surface area contributed by atoms with Crippen LogP contribution in [0, 0.1) is 0 Å². The van der Waals surface area contributed by atoms with Crippen molar-refractivity contribution in [2.24, 2.45) is 0 Å². The standard InChI is InChI=1S/C23H25N5O3/c1-31-19-11-9-18(10-12-19)25-22(29)21-8-4-15-28(21)23(30)26-20-7-3-2-6-17(20)16-27-14-5-13-24-27/h2-3,5-7,9-14,21H,4,8,15-16H2,1H3,(H,25,29)(H,26,30). The lowest BCUT2D eigenvalue weighted by atomic mass is 10.1. The summed E-state index contributed by atoms with van der Waals surface area (Å²) in [6, 6.07) is 15.8. The Kier molecular flexibility index (Phi) is 6.16. The molecule has 1 saturated heterocycles. The Morgan fingerprint density at radius 3 is 2.65 bits per heavy atom. The Bertz CT molecular complexity index is 1030. The lowest BCUT2D eigenvalue weighted by Crippen LogP contribution is -2.45. The summed E-state index contributed by atoms with van der Waals surface area (Å²) in [5.41, 5.74) is 2.32. The minimum absolute atomic E-state index is 0.192. The van der Waals surface area contributed by atoms with Crippen LogP contribution < -0.4 is 15.4 Å². The first-order chi connectivity index (χ1) is 15.1. The largest absolute Gasteiger partial charge is 0.497 e. The number of ether oxygens (including phenoxy) is 1. The lowest BCUT2D eigenvalue weighted by Gasteiger charge is -2.25. The fourth-order valence-electron chi connectivity index (χ4n) is 3.72. The van der Waals surface area contributed by atoms with Gasteiger partial charge in [-0.1, -0.05) is 18.2 Å². The van der Waals surface area contributed by atoms with E-state index in [1.807, 2.05) is 36.5 Å². The highest BCUT2D eigenvalue weighted by Gasteiger charge is 2.34. The van der Waals surface area contributed by atoms with Crippen LogP contribution in [0.1, 0.15) is 18.4 Å². The summed E-state index contributed by atoms with van der Waals surface area (Å²) >= 11 is 0. The second kappa shape index (κ2) is 9.34. The van der Waals surface area contributed by atoms with E-state index in [2.05, 4.69) is 15.7 Å². The summed E-state index contributed by atoms with van der Waals surface area (Å²) in [7, 11) is 1.59. The molecular weight excluding hydrogens is 394 g/mol. The number of carbonyl (C=O) groups excluding carboxylic acids is 2. The molecular formula is C23H25N5O3. The van der Waals surface area contributed by atoms with Crippen LogP contribution in [0.5, 0.6) is 5.75 Å². The Balaban J connectivity index is 1.42. The van der Waals surface area contributed by atoms with Gasteiger partial charge in [-0.3, -0.25) is 9.48 Å². The van der Waals surface area contributed by atoms with Crippen LogP contribution in [-0.2, 0) is 11.3 Å². The third-order valence-corrected chi connectivity index (χ3v) is 5.32. The van der Waals surface area contributed by atoms with Crippen molar-refractivity contribution in [1.82, 2.24) is 14.7 Å². The highest BCUT2D eigenvalue weighted by Crippen LogP contribution is 2.23. The molecule has 8 nitrogen and oxygen atoms in total. The molecule has 0 aliphatic carbocycles. The van der Waals surface area contributed by atoms with Crippen LogP contribution in [0.4, 0.5) is 16.2 Å². The monoisotopic (exact) mass is 419 g/mol. The van der Waals surface area contributed by atoms with Crippen LogP contribution in [-0.4, -0.2) is 46.3 Å². The van der Waals surface area contributed by atoms with Gasteiger partial charge in [-0.25, -0.2) is 4.79 Å². The first-order valence-corrected chi connectivity index (χ1v) is 10.2. The molecule has 0 spiro atoms. The number of nitrogens with zero attached hydrogens (tertiary/aromatic N) is 3. The van der Waals surface area contributed by atoms with Crippen molar-refractivity contribution in [2.45, 2.75) is 25.4 Å². The van der Waals surface area contributed by atoms with E-state index in [-0.39, 0.29) is 11.9 Å². The predicted octanol–water partition coefficient (Wildman–Crippen LogP) is 3.58. The second-order valence-electron chi connectivity index (χ2n) is 7.36. The molecule has 1 unspecified atom stereocenters. The van der Waals surface area contributed by atoms with Gasteiger partial charge in [0.25, 0.3) is 0 Å². The zero-order valence-corrected chi connectivity index (χ0v) is 17.3. The van der Waals surface area contributed by atoms with Crippen molar-refractivity contribution < 1.29 is 14.3 Å². The van der Waals surface area contributed by atoms with Crippen LogP contribution in [0.3, 0.4) is 0 Å². The van der Waals surface area contributed by atoms with E-state index in [9.17, 15) is 9.59 Å². The number of urea groups is 1. The molecule has 4 rings (SSSR count). The summed E-state index contributed by atoms with van der Waals surface area (Å²) in [5, 5.41) is 10.1. The number of rotatable bonds is 6. The average molecular weight is 419 g/mol. The Labute approximate surface area is 180 Å². The van der Waals surface area contributed by atoms with E-state index in [0.29, 0.717) is 36.6 Å². The number of hydrogen-bond donors (Lipinski definition) is 2. The van der Waals surface area contributed by atoms with E-state index in [4.69, 9.17) is 4.74 Å². The normalized spacial score (nSPS) is 15.5. The summed E-state index contributed by atoms with van der Waals surface area (Å²) < 4.78 is 6.94. The molecule has 0 bridgehead atoms. The number of anilines is 2.